The van der Waals surface area contributed by atoms with E-state index in [4.69, 9.17) is 0 Å². The molecule has 0 spiro atoms. The number of carbonyl (C=O) groups is 1. The van der Waals surface area contributed by atoms with Gasteiger partial charge in [-0.1, -0.05) is 0 Å². The minimum Gasteiger partial charge on any atom is -0.394 e. The fourth-order valence-electron chi connectivity index (χ4n) is 2.21. The van der Waals surface area contributed by atoms with E-state index in [9.17, 15) is 9.90 Å². The summed E-state index contributed by atoms with van der Waals surface area (Å²) in [6.07, 6.45) is 5.69. The molecule has 1 fully saturated rings. The predicted octanol–water partition coefficient (Wildman–Crippen LogP) is 1.25. The maximum Gasteiger partial charge on any atom is 0.153 e. The van der Waals surface area contributed by atoms with Gasteiger partial charge in [-0.2, -0.15) is 0 Å². The topological polar surface area (TPSA) is 53.4 Å². The van der Waals surface area contributed by atoms with Crippen molar-refractivity contribution in [3.8, 4) is 0 Å². The fraction of sp³-hybridized carbons (Fsp3) is 0.500. The summed E-state index contributed by atoms with van der Waals surface area (Å²) in [5, 5.41) is 9.33. The van der Waals surface area contributed by atoms with E-state index < -0.39 is 0 Å². The first kappa shape index (κ1) is 11.1. The molecule has 0 amide bonds. The van der Waals surface area contributed by atoms with Crippen LogP contribution >= 0.6 is 0 Å². The Morgan fingerprint density at radius 1 is 1.56 bits per heavy atom. The van der Waals surface area contributed by atoms with E-state index in [0.29, 0.717) is 11.4 Å². The molecule has 0 aliphatic carbocycles. The zero-order chi connectivity index (χ0) is 11.4. The third-order valence-corrected chi connectivity index (χ3v) is 3.05. The van der Waals surface area contributed by atoms with Gasteiger partial charge in [0.05, 0.1) is 18.2 Å². The first-order valence-corrected chi connectivity index (χ1v) is 5.64. The van der Waals surface area contributed by atoms with Gasteiger partial charge in [0.1, 0.15) is 5.82 Å². The minimum atomic E-state index is 0.0994. The largest absolute Gasteiger partial charge is 0.394 e. The summed E-state index contributed by atoms with van der Waals surface area (Å²) >= 11 is 0. The molecule has 0 bridgehead atoms. The molecule has 4 heteroatoms. The Hall–Kier alpha value is -1.42. The first-order valence-electron chi connectivity index (χ1n) is 5.64. The van der Waals surface area contributed by atoms with Crippen LogP contribution in [0.3, 0.4) is 0 Å². The number of aromatic nitrogens is 1. The van der Waals surface area contributed by atoms with E-state index in [2.05, 4.69) is 4.98 Å². The predicted molar refractivity (Wildman–Crippen MR) is 61.7 cm³/mol. The number of piperidine rings is 1. The summed E-state index contributed by atoms with van der Waals surface area (Å²) in [6.45, 7) is 0.984. The van der Waals surface area contributed by atoms with Crippen LogP contribution in [0.5, 0.6) is 0 Å². The van der Waals surface area contributed by atoms with Crippen molar-refractivity contribution in [2.45, 2.75) is 25.3 Å². The number of pyridine rings is 1. The lowest BCUT2D eigenvalue weighted by Gasteiger charge is -2.36. The van der Waals surface area contributed by atoms with Crippen molar-refractivity contribution in [1.82, 2.24) is 4.98 Å². The zero-order valence-corrected chi connectivity index (χ0v) is 9.17. The molecule has 1 atom stereocenters. The van der Waals surface area contributed by atoms with E-state index in [-0.39, 0.29) is 12.6 Å². The normalized spacial score (nSPS) is 20.8. The molecule has 16 heavy (non-hydrogen) atoms. The van der Waals surface area contributed by atoms with Crippen LogP contribution < -0.4 is 4.90 Å². The van der Waals surface area contributed by atoms with Gasteiger partial charge < -0.3 is 10.0 Å². The lowest BCUT2D eigenvalue weighted by atomic mass is 10.0. The number of rotatable bonds is 3. The standard InChI is InChI=1S/C12H16N2O2/c15-8-10-4-3-6-13-12(10)14-7-2-1-5-11(14)9-16/h3-4,6,8,11,16H,1-2,5,7,9H2. The van der Waals surface area contributed by atoms with Crippen molar-refractivity contribution in [3.05, 3.63) is 23.9 Å². The van der Waals surface area contributed by atoms with E-state index in [0.717, 1.165) is 32.1 Å². The summed E-state index contributed by atoms with van der Waals surface area (Å²) in [4.78, 5) is 17.2. The average molecular weight is 220 g/mol. The molecule has 2 heterocycles. The number of aliphatic hydroxyl groups is 1. The first-order chi connectivity index (χ1) is 7.86. The maximum absolute atomic E-state index is 10.9. The fourth-order valence-corrected chi connectivity index (χ4v) is 2.21. The molecule has 1 aliphatic rings. The second-order valence-electron chi connectivity index (χ2n) is 4.06. The molecule has 1 saturated heterocycles. The number of nitrogens with zero attached hydrogens (tertiary/aromatic N) is 2. The summed E-state index contributed by atoms with van der Waals surface area (Å²) in [5.74, 6) is 0.705. The number of carbonyl (C=O) groups excluding carboxylic acids is 1. The van der Waals surface area contributed by atoms with Gasteiger partial charge in [-0.05, 0) is 31.4 Å². The molecule has 86 valence electrons. The molecule has 1 unspecified atom stereocenters. The Morgan fingerprint density at radius 3 is 3.19 bits per heavy atom. The van der Waals surface area contributed by atoms with Crippen LogP contribution in [0, 0.1) is 0 Å². The van der Waals surface area contributed by atoms with Crippen LogP contribution in [-0.4, -0.2) is 35.6 Å². The summed E-state index contributed by atoms with van der Waals surface area (Å²) < 4.78 is 0. The Kier molecular flexibility index (Phi) is 3.51. The highest BCUT2D eigenvalue weighted by atomic mass is 16.3. The van der Waals surface area contributed by atoms with Crippen molar-refractivity contribution in [1.29, 1.82) is 0 Å². The van der Waals surface area contributed by atoms with Gasteiger partial charge >= 0.3 is 0 Å². The molecule has 1 aromatic heterocycles. The summed E-state index contributed by atoms with van der Waals surface area (Å²) in [7, 11) is 0. The molecular weight excluding hydrogens is 204 g/mol. The van der Waals surface area contributed by atoms with Crippen LogP contribution in [0.1, 0.15) is 29.6 Å². The van der Waals surface area contributed by atoms with Gasteiger partial charge in [-0.3, -0.25) is 4.79 Å². The van der Waals surface area contributed by atoms with E-state index in [1.54, 1.807) is 18.3 Å². The third kappa shape index (κ3) is 2.07. The van der Waals surface area contributed by atoms with E-state index in [1.807, 2.05) is 4.90 Å². The Bertz CT molecular complexity index is 368. The third-order valence-electron chi connectivity index (χ3n) is 3.05. The smallest absolute Gasteiger partial charge is 0.153 e. The van der Waals surface area contributed by atoms with Crippen LogP contribution in [0.15, 0.2) is 18.3 Å². The molecule has 0 saturated carbocycles. The number of hydrogen-bond acceptors (Lipinski definition) is 4. The SMILES string of the molecule is O=Cc1cccnc1N1CCCCC1CO. The lowest BCUT2D eigenvalue weighted by Crippen LogP contribution is -2.42. The number of aliphatic hydroxyl groups excluding tert-OH is 1. The summed E-state index contributed by atoms with van der Waals surface area (Å²) in [6, 6.07) is 3.62. The van der Waals surface area contributed by atoms with Crippen molar-refractivity contribution >= 4 is 12.1 Å². The molecule has 1 aromatic rings. The van der Waals surface area contributed by atoms with E-state index >= 15 is 0 Å². The Balaban J connectivity index is 2.30. The zero-order valence-electron chi connectivity index (χ0n) is 9.17. The minimum absolute atomic E-state index is 0.0994. The van der Waals surface area contributed by atoms with Gasteiger partial charge in [0.2, 0.25) is 0 Å². The van der Waals surface area contributed by atoms with Crippen molar-refractivity contribution < 1.29 is 9.90 Å². The van der Waals surface area contributed by atoms with E-state index in [1.165, 1.54) is 0 Å². The average Bonchev–Trinajstić information content (AvgIpc) is 2.38. The van der Waals surface area contributed by atoms with Gasteiger partial charge in [0.15, 0.2) is 6.29 Å². The van der Waals surface area contributed by atoms with Gasteiger partial charge in [0, 0.05) is 12.7 Å². The van der Waals surface area contributed by atoms with Crippen LogP contribution in [0.4, 0.5) is 5.82 Å². The van der Waals surface area contributed by atoms with Crippen LogP contribution in [-0.2, 0) is 0 Å². The van der Waals surface area contributed by atoms with Crippen LogP contribution in [0.2, 0.25) is 0 Å². The maximum atomic E-state index is 10.9. The quantitative estimate of drug-likeness (QED) is 0.779. The number of hydrogen-bond donors (Lipinski definition) is 1. The molecule has 2 rings (SSSR count). The highest BCUT2D eigenvalue weighted by Crippen LogP contribution is 2.24. The second-order valence-corrected chi connectivity index (χ2v) is 4.06. The molecule has 1 aliphatic heterocycles. The van der Waals surface area contributed by atoms with Gasteiger partial charge in [-0.15, -0.1) is 0 Å². The highest BCUT2D eigenvalue weighted by Gasteiger charge is 2.24. The molecule has 0 aromatic carbocycles. The van der Waals surface area contributed by atoms with Gasteiger partial charge in [0.25, 0.3) is 0 Å². The van der Waals surface area contributed by atoms with Crippen molar-refractivity contribution in [3.63, 3.8) is 0 Å². The Morgan fingerprint density at radius 2 is 2.44 bits per heavy atom. The number of anilines is 1. The molecule has 0 radical (unpaired) electrons. The highest BCUT2D eigenvalue weighted by molar-refractivity contribution is 5.82. The van der Waals surface area contributed by atoms with Crippen molar-refractivity contribution in [2.75, 3.05) is 18.1 Å². The second kappa shape index (κ2) is 5.07. The van der Waals surface area contributed by atoms with Crippen molar-refractivity contribution in [2.24, 2.45) is 0 Å². The van der Waals surface area contributed by atoms with Gasteiger partial charge in [-0.25, -0.2) is 4.98 Å². The molecular formula is C12H16N2O2. The molecule has 4 nitrogen and oxygen atoms in total. The lowest BCUT2D eigenvalue weighted by molar-refractivity contribution is 0.112. The monoisotopic (exact) mass is 220 g/mol. The van der Waals surface area contributed by atoms with Crippen LogP contribution in [0.25, 0.3) is 0 Å². The summed E-state index contributed by atoms with van der Waals surface area (Å²) in [5.41, 5.74) is 0.600. The number of aldehydes is 1. The molecule has 1 N–H and O–H groups in total. The Labute approximate surface area is 94.9 Å².